The summed E-state index contributed by atoms with van der Waals surface area (Å²) in [6.45, 7) is 4.14. The standard InChI is InChI=1S/C26H22N4OS/c1-17-4-10-20(11-5-17)30(21-12-6-18(2)7-13-21)22-14-8-19(9-15-22)24-23(16-27)25(31)29-26(28-24)32-3/h4-15H,1-3H3,(H,28,29,31). The maximum atomic E-state index is 12.3. The number of aromatic amines is 1. The molecule has 6 heteroatoms. The lowest BCUT2D eigenvalue weighted by Crippen LogP contribution is -2.14. The molecule has 0 bridgehead atoms. The first-order valence-corrected chi connectivity index (χ1v) is 11.3. The summed E-state index contributed by atoms with van der Waals surface area (Å²) in [5.74, 6) is 0. The van der Waals surface area contributed by atoms with Crippen LogP contribution in [0.3, 0.4) is 0 Å². The van der Waals surface area contributed by atoms with Gasteiger partial charge < -0.3 is 9.88 Å². The van der Waals surface area contributed by atoms with Crippen LogP contribution >= 0.6 is 11.8 Å². The third kappa shape index (κ3) is 4.29. The molecule has 0 saturated carbocycles. The second kappa shape index (κ2) is 9.13. The van der Waals surface area contributed by atoms with Crippen LogP contribution in [0.2, 0.25) is 0 Å². The van der Waals surface area contributed by atoms with Gasteiger partial charge in [-0.3, -0.25) is 4.79 Å². The molecule has 1 N–H and O–H groups in total. The average molecular weight is 439 g/mol. The van der Waals surface area contributed by atoms with E-state index in [2.05, 4.69) is 77.2 Å². The van der Waals surface area contributed by atoms with Gasteiger partial charge in [-0.15, -0.1) is 0 Å². The van der Waals surface area contributed by atoms with Crippen molar-refractivity contribution in [3.63, 3.8) is 0 Å². The van der Waals surface area contributed by atoms with Crippen molar-refractivity contribution >= 4 is 28.8 Å². The Hall–Kier alpha value is -3.82. The van der Waals surface area contributed by atoms with Gasteiger partial charge in [0.15, 0.2) is 5.16 Å². The molecule has 0 amide bonds. The second-order valence-corrected chi connectivity index (χ2v) is 8.26. The lowest BCUT2D eigenvalue weighted by Gasteiger charge is -2.26. The highest BCUT2D eigenvalue weighted by Crippen LogP contribution is 2.35. The molecule has 3 aromatic carbocycles. The van der Waals surface area contributed by atoms with Crippen LogP contribution in [0, 0.1) is 25.2 Å². The van der Waals surface area contributed by atoms with Crippen LogP contribution in [0.25, 0.3) is 11.3 Å². The Morgan fingerprint density at radius 1 is 0.844 bits per heavy atom. The summed E-state index contributed by atoms with van der Waals surface area (Å²) < 4.78 is 0. The van der Waals surface area contributed by atoms with E-state index < -0.39 is 5.56 Å². The lowest BCUT2D eigenvalue weighted by atomic mass is 10.1. The predicted octanol–water partition coefficient (Wildman–Crippen LogP) is 6.12. The second-order valence-electron chi connectivity index (χ2n) is 7.46. The predicted molar refractivity (Wildman–Crippen MR) is 131 cm³/mol. The summed E-state index contributed by atoms with van der Waals surface area (Å²) in [6, 6.07) is 26.5. The van der Waals surface area contributed by atoms with Crippen LogP contribution < -0.4 is 10.5 Å². The fraction of sp³-hybridized carbons (Fsp3) is 0.115. The highest BCUT2D eigenvalue weighted by atomic mass is 32.2. The largest absolute Gasteiger partial charge is 0.311 e. The van der Waals surface area contributed by atoms with Crippen LogP contribution in [-0.2, 0) is 0 Å². The minimum Gasteiger partial charge on any atom is -0.311 e. The Kier molecular flexibility index (Phi) is 6.11. The molecule has 0 unspecified atom stereocenters. The molecule has 0 aliphatic heterocycles. The molecule has 0 radical (unpaired) electrons. The summed E-state index contributed by atoms with van der Waals surface area (Å²) in [7, 11) is 0. The van der Waals surface area contributed by atoms with Crippen LogP contribution in [-0.4, -0.2) is 16.2 Å². The van der Waals surface area contributed by atoms with Crippen LogP contribution in [0.15, 0.2) is 82.7 Å². The molecule has 158 valence electrons. The lowest BCUT2D eigenvalue weighted by molar-refractivity contribution is 0.937. The molecule has 5 nitrogen and oxygen atoms in total. The number of anilines is 3. The van der Waals surface area contributed by atoms with E-state index in [1.807, 2.05) is 36.6 Å². The average Bonchev–Trinajstić information content (AvgIpc) is 2.81. The van der Waals surface area contributed by atoms with Gasteiger partial charge >= 0.3 is 0 Å². The van der Waals surface area contributed by atoms with E-state index in [9.17, 15) is 10.1 Å². The summed E-state index contributed by atoms with van der Waals surface area (Å²) in [5, 5.41) is 9.96. The molecule has 32 heavy (non-hydrogen) atoms. The summed E-state index contributed by atoms with van der Waals surface area (Å²) >= 11 is 1.33. The summed E-state index contributed by atoms with van der Waals surface area (Å²) in [4.78, 5) is 21.6. The number of aryl methyl sites for hydroxylation is 2. The molecule has 0 aliphatic carbocycles. The Morgan fingerprint density at radius 3 is 1.75 bits per heavy atom. The third-order valence-corrected chi connectivity index (χ3v) is 5.77. The van der Waals surface area contributed by atoms with Gasteiger partial charge in [0.25, 0.3) is 5.56 Å². The van der Waals surface area contributed by atoms with Gasteiger partial charge in [-0.2, -0.15) is 5.26 Å². The van der Waals surface area contributed by atoms with E-state index in [0.717, 1.165) is 22.6 Å². The fourth-order valence-corrected chi connectivity index (χ4v) is 3.84. The van der Waals surface area contributed by atoms with E-state index in [1.165, 1.54) is 22.9 Å². The van der Waals surface area contributed by atoms with Gasteiger partial charge in [0.2, 0.25) is 0 Å². The third-order valence-electron chi connectivity index (χ3n) is 5.19. The molecule has 4 rings (SSSR count). The highest BCUT2D eigenvalue weighted by Gasteiger charge is 2.16. The maximum Gasteiger partial charge on any atom is 0.270 e. The fourth-order valence-electron chi connectivity index (χ4n) is 3.47. The van der Waals surface area contributed by atoms with Crippen LogP contribution in [0.1, 0.15) is 16.7 Å². The molecule has 0 fully saturated rings. The quantitative estimate of drug-likeness (QED) is 0.300. The van der Waals surface area contributed by atoms with Crippen molar-refractivity contribution in [3.8, 4) is 17.3 Å². The SMILES string of the molecule is CSc1nc(-c2ccc(N(c3ccc(C)cc3)c3ccc(C)cc3)cc2)c(C#N)c(=O)[nH]1. The minimum atomic E-state index is -0.424. The number of H-pyrrole nitrogens is 1. The Labute approximate surface area is 191 Å². The molecule has 4 aromatic rings. The van der Waals surface area contributed by atoms with Crippen molar-refractivity contribution in [2.24, 2.45) is 0 Å². The van der Waals surface area contributed by atoms with E-state index in [0.29, 0.717) is 10.9 Å². The number of nitrogens with zero attached hydrogens (tertiary/aromatic N) is 3. The summed E-state index contributed by atoms with van der Waals surface area (Å²) in [6.07, 6.45) is 1.83. The number of nitrogens with one attached hydrogen (secondary N) is 1. The molecule has 0 saturated heterocycles. The molecule has 1 heterocycles. The van der Waals surface area contributed by atoms with Crippen molar-refractivity contribution in [1.82, 2.24) is 9.97 Å². The van der Waals surface area contributed by atoms with E-state index in [-0.39, 0.29) is 5.56 Å². The molecule has 1 aromatic heterocycles. The number of hydrogen-bond acceptors (Lipinski definition) is 5. The maximum absolute atomic E-state index is 12.3. The van der Waals surface area contributed by atoms with Crippen LogP contribution in [0.4, 0.5) is 17.1 Å². The first-order chi connectivity index (χ1) is 15.5. The molecule has 0 atom stereocenters. The van der Waals surface area contributed by atoms with Crippen molar-refractivity contribution in [1.29, 1.82) is 5.26 Å². The topological polar surface area (TPSA) is 72.8 Å². The van der Waals surface area contributed by atoms with Gasteiger partial charge in [-0.25, -0.2) is 4.98 Å². The van der Waals surface area contributed by atoms with Gasteiger partial charge in [0, 0.05) is 22.6 Å². The molecule has 0 aliphatic rings. The minimum absolute atomic E-state index is 0.0180. The molecular weight excluding hydrogens is 416 g/mol. The van der Waals surface area contributed by atoms with E-state index in [1.54, 1.807) is 0 Å². The van der Waals surface area contributed by atoms with Crippen LogP contribution in [0.5, 0.6) is 0 Å². The smallest absolute Gasteiger partial charge is 0.270 e. The zero-order valence-corrected chi connectivity index (χ0v) is 18.9. The summed E-state index contributed by atoms with van der Waals surface area (Å²) in [5.41, 5.74) is 6.16. The number of aromatic nitrogens is 2. The number of nitriles is 1. The Bertz CT molecular complexity index is 1290. The number of thioether (sulfide) groups is 1. The van der Waals surface area contributed by atoms with Gasteiger partial charge in [-0.1, -0.05) is 59.3 Å². The van der Waals surface area contributed by atoms with Gasteiger partial charge in [0.1, 0.15) is 11.6 Å². The zero-order valence-electron chi connectivity index (χ0n) is 18.1. The molecule has 0 spiro atoms. The number of rotatable bonds is 5. The Balaban J connectivity index is 1.81. The van der Waals surface area contributed by atoms with Crippen molar-refractivity contribution in [2.75, 3.05) is 11.2 Å². The normalized spacial score (nSPS) is 10.6. The highest BCUT2D eigenvalue weighted by molar-refractivity contribution is 7.98. The van der Waals surface area contributed by atoms with E-state index >= 15 is 0 Å². The monoisotopic (exact) mass is 438 g/mol. The Morgan fingerprint density at radius 2 is 1.31 bits per heavy atom. The van der Waals surface area contributed by atoms with Gasteiger partial charge in [-0.05, 0) is 56.5 Å². The first kappa shape index (κ1) is 21.4. The van der Waals surface area contributed by atoms with Crippen molar-refractivity contribution < 1.29 is 0 Å². The molecular formula is C26H22N4OS. The van der Waals surface area contributed by atoms with Crippen molar-refractivity contribution in [3.05, 3.63) is 99.8 Å². The zero-order chi connectivity index (χ0) is 22.7. The number of hydrogen-bond donors (Lipinski definition) is 1. The van der Waals surface area contributed by atoms with Crippen molar-refractivity contribution in [2.45, 2.75) is 19.0 Å². The van der Waals surface area contributed by atoms with E-state index in [4.69, 9.17) is 0 Å². The van der Waals surface area contributed by atoms with Gasteiger partial charge in [0.05, 0.1) is 5.69 Å². The number of benzene rings is 3. The first-order valence-electron chi connectivity index (χ1n) is 10.1.